The van der Waals surface area contributed by atoms with Crippen LogP contribution in [0.1, 0.15) is 16.8 Å². The molecule has 0 saturated carbocycles. The van der Waals surface area contributed by atoms with E-state index in [1.165, 1.54) is 18.5 Å². The molecule has 2 heterocycles. The van der Waals surface area contributed by atoms with Gasteiger partial charge < -0.3 is 36.5 Å². The number of hydrogen-bond donors (Lipinski definition) is 7. The number of nitrogens with one attached hydrogen (secondary N) is 4. The fourth-order valence-electron chi connectivity index (χ4n) is 4.07. The van der Waals surface area contributed by atoms with Gasteiger partial charge in [0.2, 0.25) is 11.8 Å². The van der Waals surface area contributed by atoms with Gasteiger partial charge in [-0.25, -0.2) is 9.78 Å². The highest BCUT2D eigenvalue weighted by Crippen LogP contribution is 2.19. The maximum atomic E-state index is 13.3. The van der Waals surface area contributed by atoms with Crippen molar-refractivity contribution in [3.05, 3.63) is 84.1 Å². The predicted molar refractivity (Wildman–Crippen MR) is 136 cm³/mol. The summed E-state index contributed by atoms with van der Waals surface area (Å²) in [5, 5.41) is 25.4. The molecule has 0 fully saturated rings. The number of nitrogens with zero attached hydrogens (tertiary/aromatic N) is 1. The van der Waals surface area contributed by atoms with Crippen molar-refractivity contribution < 1.29 is 24.6 Å². The Morgan fingerprint density at radius 1 is 0.919 bits per heavy atom. The second-order valence-corrected chi connectivity index (χ2v) is 8.78. The topological polar surface area (TPSA) is 186 Å². The number of carboxylic acid groups (broad SMARTS) is 1. The molecule has 2 aromatic carbocycles. The number of amides is 2. The summed E-state index contributed by atoms with van der Waals surface area (Å²) in [5.74, 6) is -2.39. The van der Waals surface area contributed by atoms with Crippen molar-refractivity contribution in [3.8, 4) is 5.75 Å². The van der Waals surface area contributed by atoms with E-state index in [0.717, 1.165) is 16.5 Å². The van der Waals surface area contributed by atoms with Gasteiger partial charge in [-0.2, -0.15) is 0 Å². The van der Waals surface area contributed by atoms with Gasteiger partial charge in [0.1, 0.15) is 17.8 Å². The first-order valence-electron chi connectivity index (χ1n) is 11.7. The van der Waals surface area contributed by atoms with Crippen LogP contribution in [-0.2, 0) is 33.6 Å². The normalized spacial score (nSPS) is 13.5. The number of H-pyrrole nitrogens is 2. The summed E-state index contributed by atoms with van der Waals surface area (Å²) in [6.45, 7) is 0. The maximum Gasteiger partial charge on any atom is 0.326 e. The minimum Gasteiger partial charge on any atom is -0.508 e. The molecular weight excluding hydrogens is 476 g/mol. The van der Waals surface area contributed by atoms with Gasteiger partial charge in [0.05, 0.1) is 12.4 Å². The second kappa shape index (κ2) is 11.4. The van der Waals surface area contributed by atoms with Crippen LogP contribution in [0, 0.1) is 0 Å². The first-order valence-corrected chi connectivity index (χ1v) is 11.7. The number of nitrogens with two attached hydrogens (primary N) is 1. The number of carbonyl (C=O) groups excluding carboxylic acids is 2. The highest BCUT2D eigenvalue weighted by Gasteiger charge is 2.29. The van der Waals surface area contributed by atoms with E-state index in [9.17, 15) is 24.6 Å². The van der Waals surface area contributed by atoms with E-state index in [1.807, 2.05) is 24.3 Å². The fraction of sp³-hybridized carbons (Fsp3) is 0.231. The van der Waals surface area contributed by atoms with E-state index in [4.69, 9.17) is 5.73 Å². The summed E-state index contributed by atoms with van der Waals surface area (Å²) >= 11 is 0. The summed E-state index contributed by atoms with van der Waals surface area (Å²) in [6, 6.07) is 10.3. The predicted octanol–water partition coefficient (Wildman–Crippen LogP) is 1.01. The number of phenolic OH excluding ortho intramolecular Hbond substituents is 1. The number of fused-ring (bicyclic) bond motifs is 1. The molecule has 0 aliphatic heterocycles. The highest BCUT2D eigenvalue weighted by molar-refractivity contribution is 5.93. The summed E-state index contributed by atoms with van der Waals surface area (Å²) < 4.78 is 0. The SMILES string of the molecule is NC(Cc1cnc[nH]1)C(=O)NC(Cc1c[nH]c2ccccc12)C(=O)NC(Cc1ccc(O)cc1)C(=O)O. The lowest BCUT2D eigenvalue weighted by Crippen LogP contribution is -2.55. The van der Waals surface area contributed by atoms with Gasteiger partial charge in [0.15, 0.2) is 0 Å². The van der Waals surface area contributed by atoms with Crippen LogP contribution in [0.25, 0.3) is 10.9 Å². The molecule has 37 heavy (non-hydrogen) atoms. The number of aromatic hydroxyl groups is 1. The Morgan fingerprint density at radius 3 is 2.35 bits per heavy atom. The third-order valence-corrected chi connectivity index (χ3v) is 6.05. The number of imidazole rings is 1. The smallest absolute Gasteiger partial charge is 0.326 e. The molecule has 8 N–H and O–H groups in total. The monoisotopic (exact) mass is 504 g/mol. The van der Waals surface area contributed by atoms with Crippen molar-refractivity contribution >= 4 is 28.7 Å². The Labute approximate surface area is 212 Å². The minimum atomic E-state index is -1.25. The molecule has 0 aliphatic rings. The number of phenols is 1. The van der Waals surface area contributed by atoms with Crippen LogP contribution in [0.2, 0.25) is 0 Å². The third-order valence-electron chi connectivity index (χ3n) is 6.05. The maximum absolute atomic E-state index is 13.3. The Balaban J connectivity index is 1.53. The molecule has 0 radical (unpaired) electrons. The van der Waals surface area contributed by atoms with Crippen LogP contribution in [0.3, 0.4) is 0 Å². The van der Waals surface area contributed by atoms with Crippen LogP contribution in [0.15, 0.2) is 67.3 Å². The first-order chi connectivity index (χ1) is 17.8. The van der Waals surface area contributed by atoms with E-state index in [1.54, 1.807) is 24.5 Å². The van der Waals surface area contributed by atoms with E-state index >= 15 is 0 Å². The van der Waals surface area contributed by atoms with E-state index in [0.29, 0.717) is 11.3 Å². The molecule has 3 atom stereocenters. The molecular formula is C26H28N6O5. The highest BCUT2D eigenvalue weighted by atomic mass is 16.4. The zero-order valence-electron chi connectivity index (χ0n) is 19.8. The van der Waals surface area contributed by atoms with Crippen molar-refractivity contribution in [2.75, 3.05) is 0 Å². The van der Waals surface area contributed by atoms with Crippen molar-refractivity contribution in [2.24, 2.45) is 5.73 Å². The standard InChI is InChI=1S/C26H28N6O5/c27-20(11-17-13-28-14-30-17)24(34)31-22(10-16-12-29-21-4-2-1-3-19(16)21)25(35)32-23(26(36)37)9-15-5-7-18(33)8-6-15/h1-8,12-14,20,22-23,29,33H,9-11,27H2,(H,28,30)(H,31,34)(H,32,35)(H,36,37). The Kier molecular flexibility index (Phi) is 7.84. The fourth-order valence-corrected chi connectivity index (χ4v) is 4.07. The van der Waals surface area contributed by atoms with Gasteiger partial charge in [0.25, 0.3) is 0 Å². The number of rotatable bonds is 11. The molecule has 0 aliphatic carbocycles. The van der Waals surface area contributed by atoms with Gasteiger partial charge in [-0.3, -0.25) is 9.59 Å². The average Bonchev–Trinajstić information content (AvgIpc) is 3.54. The number of carbonyl (C=O) groups is 3. The van der Waals surface area contributed by atoms with Crippen molar-refractivity contribution in [1.29, 1.82) is 0 Å². The molecule has 0 saturated heterocycles. The number of aromatic amines is 2. The lowest BCUT2D eigenvalue weighted by Gasteiger charge is -2.23. The molecule has 2 aromatic heterocycles. The summed E-state index contributed by atoms with van der Waals surface area (Å²) in [6.07, 6.45) is 5.09. The van der Waals surface area contributed by atoms with Crippen molar-refractivity contribution in [2.45, 2.75) is 37.4 Å². The van der Waals surface area contributed by atoms with Crippen LogP contribution in [-0.4, -0.2) is 61.1 Å². The van der Waals surface area contributed by atoms with Crippen molar-refractivity contribution in [1.82, 2.24) is 25.6 Å². The zero-order chi connectivity index (χ0) is 26.4. The molecule has 0 bridgehead atoms. The van der Waals surface area contributed by atoms with Crippen molar-refractivity contribution in [3.63, 3.8) is 0 Å². The van der Waals surface area contributed by atoms with Crippen LogP contribution < -0.4 is 16.4 Å². The van der Waals surface area contributed by atoms with Gasteiger partial charge >= 0.3 is 5.97 Å². The molecule has 4 aromatic rings. The van der Waals surface area contributed by atoms with Crippen LogP contribution >= 0.6 is 0 Å². The number of para-hydroxylation sites is 1. The van der Waals surface area contributed by atoms with Crippen LogP contribution in [0.4, 0.5) is 0 Å². The number of aliphatic carboxylic acids is 1. The van der Waals surface area contributed by atoms with E-state index in [2.05, 4.69) is 25.6 Å². The number of carboxylic acids is 1. The molecule has 3 unspecified atom stereocenters. The summed E-state index contributed by atoms with van der Waals surface area (Å²) in [5.41, 5.74) is 9.01. The quantitative estimate of drug-likeness (QED) is 0.159. The van der Waals surface area contributed by atoms with Gasteiger partial charge in [-0.1, -0.05) is 30.3 Å². The van der Waals surface area contributed by atoms with Gasteiger partial charge in [0, 0.05) is 48.3 Å². The summed E-state index contributed by atoms with van der Waals surface area (Å²) in [4.78, 5) is 48.1. The van der Waals surface area contributed by atoms with Crippen LogP contribution in [0.5, 0.6) is 5.75 Å². The lowest BCUT2D eigenvalue weighted by atomic mass is 10.0. The molecule has 4 rings (SSSR count). The molecule has 11 nitrogen and oxygen atoms in total. The Morgan fingerprint density at radius 2 is 1.65 bits per heavy atom. The Hall–Kier alpha value is -4.64. The average molecular weight is 505 g/mol. The number of aromatic nitrogens is 3. The van der Waals surface area contributed by atoms with E-state index < -0.39 is 35.9 Å². The van der Waals surface area contributed by atoms with E-state index in [-0.39, 0.29) is 25.0 Å². The molecule has 192 valence electrons. The summed E-state index contributed by atoms with van der Waals surface area (Å²) in [7, 11) is 0. The Bertz CT molecular complexity index is 1370. The van der Waals surface area contributed by atoms with Gasteiger partial charge in [-0.15, -0.1) is 0 Å². The second-order valence-electron chi connectivity index (χ2n) is 8.78. The molecule has 2 amide bonds. The number of hydrogen-bond acceptors (Lipinski definition) is 6. The molecule has 0 spiro atoms. The lowest BCUT2D eigenvalue weighted by molar-refractivity contribution is -0.142. The minimum absolute atomic E-state index is 0.00551. The molecule has 11 heteroatoms. The third kappa shape index (κ3) is 6.53. The van der Waals surface area contributed by atoms with Gasteiger partial charge in [-0.05, 0) is 29.3 Å². The first kappa shape index (κ1) is 25.5. The largest absolute Gasteiger partial charge is 0.508 e. The zero-order valence-corrected chi connectivity index (χ0v) is 19.8. The number of benzene rings is 2.